The molecule has 33 heavy (non-hydrogen) atoms. The van der Waals surface area contributed by atoms with Crippen molar-refractivity contribution in [3.05, 3.63) is 71.8 Å². The van der Waals surface area contributed by atoms with Crippen molar-refractivity contribution in [2.75, 3.05) is 38.1 Å². The summed E-state index contributed by atoms with van der Waals surface area (Å²) in [6.45, 7) is 3.45. The molecule has 8 nitrogen and oxygen atoms in total. The maximum absolute atomic E-state index is 12.9. The SMILES string of the molecule is CN(Cc1ccc(Cl)cc1)C(=O)N1CCN(c2cnn3cc(-c4cnn(C)c4)ccc23)CC1. The number of nitrogens with zero attached hydrogens (tertiary/aromatic N) is 7. The van der Waals surface area contributed by atoms with Gasteiger partial charge >= 0.3 is 6.03 Å². The topological polar surface area (TPSA) is 61.9 Å². The molecule has 0 saturated carbocycles. The zero-order chi connectivity index (χ0) is 22.9. The van der Waals surface area contributed by atoms with E-state index in [-0.39, 0.29) is 6.03 Å². The lowest BCUT2D eigenvalue weighted by Crippen LogP contribution is -2.52. The van der Waals surface area contributed by atoms with E-state index in [9.17, 15) is 4.79 Å². The van der Waals surface area contributed by atoms with Gasteiger partial charge in [-0.3, -0.25) is 4.68 Å². The molecule has 2 amide bonds. The van der Waals surface area contributed by atoms with Crippen LogP contribution in [-0.2, 0) is 13.6 Å². The summed E-state index contributed by atoms with van der Waals surface area (Å²) in [6.07, 6.45) is 7.78. The van der Waals surface area contributed by atoms with Crippen molar-refractivity contribution in [2.45, 2.75) is 6.54 Å². The number of pyridine rings is 1. The van der Waals surface area contributed by atoms with Crippen molar-refractivity contribution in [3.8, 4) is 11.1 Å². The lowest BCUT2D eigenvalue weighted by molar-refractivity contribution is 0.157. The van der Waals surface area contributed by atoms with Crippen molar-refractivity contribution in [1.82, 2.24) is 29.2 Å². The smallest absolute Gasteiger partial charge is 0.320 e. The van der Waals surface area contributed by atoms with Crippen LogP contribution in [-0.4, -0.2) is 68.5 Å². The first-order valence-electron chi connectivity index (χ1n) is 10.9. The highest BCUT2D eigenvalue weighted by molar-refractivity contribution is 6.30. The van der Waals surface area contributed by atoms with E-state index in [0.717, 1.165) is 41.0 Å². The van der Waals surface area contributed by atoms with Gasteiger partial charge in [0.15, 0.2) is 0 Å². The van der Waals surface area contributed by atoms with Crippen molar-refractivity contribution in [1.29, 1.82) is 0 Å². The maximum Gasteiger partial charge on any atom is 0.320 e. The quantitative estimate of drug-likeness (QED) is 0.462. The van der Waals surface area contributed by atoms with Gasteiger partial charge in [-0.25, -0.2) is 9.31 Å². The Balaban J connectivity index is 1.23. The number of aryl methyl sites for hydroxylation is 1. The second-order valence-corrected chi connectivity index (χ2v) is 8.86. The molecule has 1 aromatic carbocycles. The van der Waals surface area contributed by atoms with Crippen LogP contribution in [0.3, 0.4) is 0 Å². The fourth-order valence-electron chi connectivity index (χ4n) is 4.27. The minimum Gasteiger partial charge on any atom is -0.365 e. The van der Waals surface area contributed by atoms with Gasteiger partial charge < -0.3 is 14.7 Å². The Hall–Kier alpha value is -3.52. The van der Waals surface area contributed by atoms with Crippen LogP contribution in [0.2, 0.25) is 5.02 Å². The van der Waals surface area contributed by atoms with Crippen LogP contribution in [0.4, 0.5) is 10.5 Å². The van der Waals surface area contributed by atoms with Crippen LogP contribution in [0.15, 0.2) is 61.2 Å². The first kappa shape index (κ1) is 21.3. The normalized spacial score (nSPS) is 14.2. The van der Waals surface area contributed by atoms with Gasteiger partial charge in [0.1, 0.15) is 0 Å². The molecule has 0 unspecified atom stereocenters. The van der Waals surface area contributed by atoms with Crippen LogP contribution >= 0.6 is 11.6 Å². The average Bonchev–Trinajstić information content (AvgIpc) is 3.46. The van der Waals surface area contributed by atoms with E-state index in [1.807, 2.05) is 72.6 Å². The molecule has 9 heteroatoms. The Kier molecular flexibility index (Phi) is 5.68. The molecule has 170 valence electrons. The molecule has 1 aliphatic rings. The highest BCUT2D eigenvalue weighted by Gasteiger charge is 2.25. The number of urea groups is 1. The van der Waals surface area contributed by atoms with E-state index in [0.29, 0.717) is 24.7 Å². The Labute approximate surface area is 197 Å². The number of carbonyl (C=O) groups is 1. The molecule has 0 N–H and O–H groups in total. The van der Waals surface area contributed by atoms with Gasteiger partial charge in [0, 0.05) is 75.4 Å². The number of piperazine rings is 1. The van der Waals surface area contributed by atoms with Crippen LogP contribution in [0.1, 0.15) is 5.56 Å². The van der Waals surface area contributed by atoms with E-state index < -0.39 is 0 Å². The molecule has 1 fully saturated rings. The summed E-state index contributed by atoms with van der Waals surface area (Å²) >= 11 is 5.96. The highest BCUT2D eigenvalue weighted by Crippen LogP contribution is 2.26. The summed E-state index contributed by atoms with van der Waals surface area (Å²) < 4.78 is 3.71. The maximum atomic E-state index is 12.9. The molecule has 0 spiro atoms. The third-order valence-electron chi connectivity index (χ3n) is 6.08. The first-order valence-corrected chi connectivity index (χ1v) is 11.3. The Morgan fingerprint density at radius 3 is 2.42 bits per heavy atom. The zero-order valence-electron chi connectivity index (χ0n) is 18.7. The van der Waals surface area contributed by atoms with Crippen molar-refractivity contribution in [3.63, 3.8) is 0 Å². The number of hydrogen-bond acceptors (Lipinski definition) is 4. The third kappa shape index (κ3) is 4.39. The van der Waals surface area contributed by atoms with Gasteiger partial charge in [-0.2, -0.15) is 10.2 Å². The summed E-state index contributed by atoms with van der Waals surface area (Å²) in [6, 6.07) is 11.9. The van der Waals surface area contributed by atoms with Gasteiger partial charge in [0.05, 0.1) is 23.6 Å². The number of rotatable bonds is 4. The van der Waals surface area contributed by atoms with E-state index in [1.54, 1.807) is 9.58 Å². The summed E-state index contributed by atoms with van der Waals surface area (Å²) in [5.74, 6) is 0. The summed E-state index contributed by atoms with van der Waals surface area (Å²) in [4.78, 5) is 18.9. The fraction of sp³-hybridized carbons (Fsp3) is 0.292. The molecule has 3 aromatic heterocycles. The van der Waals surface area contributed by atoms with Gasteiger partial charge in [-0.1, -0.05) is 29.8 Å². The highest BCUT2D eigenvalue weighted by atomic mass is 35.5. The van der Waals surface area contributed by atoms with Crippen LogP contribution in [0.25, 0.3) is 16.6 Å². The van der Waals surface area contributed by atoms with E-state index in [2.05, 4.69) is 27.2 Å². The lowest BCUT2D eigenvalue weighted by Gasteiger charge is -2.37. The minimum absolute atomic E-state index is 0.0468. The third-order valence-corrected chi connectivity index (χ3v) is 6.34. The zero-order valence-corrected chi connectivity index (χ0v) is 19.5. The van der Waals surface area contributed by atoms with Crippen molar-refractivity contribution in [2.24, 2.45) is 7.05 Å². The molecule has 0 radical (unpaired) electrons. The first-order chi connectivity index (χ1) is 16.0. The lowest BCUT2D eigenvalue weighted by atomic mass is 10.1. The predicted octanol–water partition coefficient (Wildman–Crippen LogP) is 3.76. The number of amides is 2. The van der Waals surface area contributed by atoms with Crippen LogP contribution in [0, 0.1) is 0 Å². The van der Waals surface area contributed by atoms with E-state index in [1.165, 1.54) is 0 Å². The number of aromatic nitrogens is 4. The number of carbonyl (C=O) groups excluding carboxylic acids is 1. The van der Waals surface area contributed by atoms with Gasteiger partial charge in [0.2, 0.25) is 0 Å². The van der Waals surface area contributed by atoms with Crippen molar-refractivity contribution < 1.29 is 4.79 Å². The van der Waals surface area contributed by atoms with E-state index in [4.69, 9.17) is 11.6 Å². The monoisotopic (exact) mass is 463 g/mol. The average molecular weight is 464 g/mol. The largest absolute Gasteiger partial charge is 0.365 e. The van der Waals surface area contributed by atoms with Gasteiger partial charge in [-0.05, 0) is 23.8 Å². The summed E-state index contributed by atoms with van der Waals surface area (Å²) in [7, 11) is 3.75. The molecule has 4 heterocycles. The Bertz CT molecular complexity index is 1270. The molecule has 4 aromatic rings. The van der Waals surface area contributed by atoms with Gasteiger partial charge in [-0.15, -0.1) is 0 Å². The van der Waals surface area contributed by atoms with Crippen LogP contribution in [0.5, 0.6) is 0 Å². The van der Waals surface area contributed by atoms with E-state index >= 15 is 0 Å². The fourth-order valence-corrected chi connectivity index (χ4v) is 4.39. The van der Waals surface area contributed by atoms with Gasteiger partial charge in [0.25, 0.3) is 0 Å². The number of benzene rings is 1. The van der Waals surface area contributed by atoms with Crippen molar-refractivity contribution >= 4 is 28.8 Å². The molecule has 1 aliphatic heterocycles. The minimum atomic E-state index is 0.0468. The molecule has 0 bridgehead atoms. The molecular weight excluding hydrogens is 438 g/mol. The standard InChI is InChI=1S/C24H26ClN7O/c1-28(15-18-3-6-21(25)7-4-18)24(33)31-11-9-30(10-12-31)23-14-27-32-17-19(5-8-22(23)32)20-13-26-29(2)16-20/h3-8,13-14,16-17H,9-12,15H2,1-2H3. The molecule has 1 saturated heterocycles. The molecule has 0 atom stereocenters. The van der Waals surface area contributed by atoms with Crippen LogP contribution < -0.4 is 4.90 Å². The molecular formula is C24H26ClN7O. The number of anilines is 1. The second kappa shape index (κ2) is 8.78. The number of halogens is 1. The second-order valence-electron chi connectivity index (χ2n) is 8.42. The molecule has 0 aliphatic carbocycles. The Morgan fingerprint density at radius 1 is 0.970 bits per heavy atom. The number of fused-ring (bicyclic) bond motifs is 1. The molecule has 5 rings (SSSR count). The Morgan fingerprint density at radius 2 is 1.73 bits per heavy atom. The predicted molar refractivity (Wildman–Crippen MR) is 129 cm³/mol. The summed E-state index contributed by atoms with van der Waals surface area (Å²) in [5, 5.41) is 9.52. The summed E-state index contributed by atoms with van der Waals surface area (Å²) in [5.41, 5.74) is 5.35. The number of hydrogen-bond donors (Lipinski definition) is 0.